The van der Waals surface area contributed by atoms with Crippen LogP contribution in [0.2, 0.25) is 0 Å². The number of hydrogen-bond donors (Lipinski definition) is 3. The minimum atomic E-state index is -0.573. The Labute approximate surface area is 204 Å². The first-order valence-electron chi connectivity index (χ1n) is 12.6. The number of carbonyl (C=O) groups is 2. The van der Waals surface area contributed by atoms with E-state index in [0.717, 1.165) is 51.6 Å². The molecule has 2 aromatic rings. The second-order valence-electron chi connectivity index (χ2n) is 10.2. The topological polar surface area (TPSA) is 106 Å². The molecule has 182 valence electrons. The van der Waals surface area contributed by atoms with Crippen LogP contribution in [0.1, 0.15) is 74.2 Å². The van der Waals surface area contributed by atoms with Crippen LogP contribution in [0.15, 0.2) is 23.0 Å². The number of benzene rings is 1. The van der Waals surface area contributed by atoms with Gasteiger partial charge in [0.1, 0.15) is 0 Å². The molecule has 0 spiro atoms. The Bertz CT molecular complexity index is 1220. The van der Waals surface area contributed by atoms with E-state index in [2.05, 4.69) is 4.98 Å². The Morgan fingerprint density at radius 2 is 1.74 bits per heavy atom. The number of carbonyl (C=O) groups excluding carboxylic acids is 2. The predicted molar refractivity (Wildman–Crippen MR) is 133 cm³/mol. The fourth-order valence-corrected chi connectivity index (χ4v) is 6.71. The molecule has 2 saturated heterocycles. The standard InChI is InChI=1S/C25H33N5O3S/c26-23(33)25(29-12-4-1-5-13-29)10-14-28(15-11-25)21(31)17-8-9-19-20(16-17)27-24(34)30(22(19)32)18-6-2-3-7-18/h8-9,16,18H,1-7,10-15H2,(H2,26,33)(H,27,34)/p+1. The number of aromatic amines is 1. The molecule has 5 rings (SSSR count). The van der Waals surface area contributed by atoms with Crippen molar-refractivity contribution < 1.29 is 14.5 Å². The van der Waals surface area contributed by atoms with E-state index in [9.17, 15) is 14.4 Å². The van der Waals surface area contributed by atoms with Gasteiger partial charge in [-0.2, -0.15) is 0 Å². The average molecular weight is 485 g/mol. The molecule has 0 unspecified atom stereocenters. The SMILES string of the molecule is NC(=O)C1([NH+]2CCCCC2)CCN(C(=O)c2ccc3c(=O)n(C4CCCC4)c(=S)[nH]c3c2)CC1. The van der Waals surface area contributed by atoms with Crippen LogP contribution in [-0.4, -0.2) is 58.0 Å². The maximum Gasteiger partial charge on any atom is 0.278 e. The lowest BCUT2D eigenvalue weighted by atomic mass is 9.83. The fraction of sp³-hybridized carbons (Fsp3) is 0.600. The number of nitrogens with one attached hydrogen (secondary N) is 2. The van der Waals surface area contributed by atoms with Crippen LogP contribution < -0.4 is 16.2 Å². The molecule has 1 aromatic carbocycles. The summed E-state index contributed by atoms with van der Waals surface area (Å²) in [5.41, 5.74) is 6.36. The fourth-order valence-electron chi connectivity index (χ4n) is 6.36. The molecule has 4 N–H and O–H groups in total. The van der Waals surface area contributed by atoms with Gasteiger partial charge in [0.2, 0.25) is 0 Å². The van der Waals surface area contributed by atoms with Crippen LogP contribution in [0, 0.1) is 4.77 Å². The molecule has 1 aliphatic carbocycles. The molecule has 3 aliphatic rings. The summed E-state index contributed by atoms with van der Waals surface area (Å²) in [4.78, 5) is 45.3. The number of nitrogens with zero attached hydrogens (tertiary/aromatic N) is 2. The van der Waals surface area contributed by atoms with Gasteiger partial charge in [-0.25, -0.2) is 0 Å². The molecule has 0 bridgehead atoms. The highest BCUT2D eigenvalue weighted by Gasteiger charge is 2.49. The van der Waals surface area contributed by atoms with Crippen molar-refractivity contribution in [3.05, 3.63) is 38.9 Å². The number of likely N-dealkylation sites (tertiary alicyclic amines) is 2. The average Bonchev–Trinajstić information content (AvgIpc) is 3.38. The van der Waals surface area contributed by atoms with Crippen molar-refractivity contribution in [2.75, 3.05) is 26.2 Å². The molecule has 9 heteroatoms. The van der Waals surface area contributed by atoms with Crippen molar-refractivity contribution in [1.82, 2.24) is 14.5 Å². The predicted octanol–water partition coefficient (Wildman–Crippen LogP) is 1.70. The highest BCUT2D eigenvalue weighted by atomic mass is 32.1. The first kappa shape index (κ1) is 23.2. The largest absolute Gasteiger partial charge is 0.364 e. The third kappa shape index (κ3) is 3.98. The van der Waals surface area contributed by atoms with E-state index in [0.29, 0.717) is 47.2 Å². The van der Waals surface area contributed by atoms with E-state index in [1.807, 2.05) is 0 Å². The van der Waals surface area contributed by atoms with E-state index in [1.54, 1.807) is 27.7 Å². The maximum absolute atomic E-state index is 13.3. The molecule has 3 heterocycles. The third-order valence-corrected chi connectivity index (χ3v) is 8.67. The number of nitrogens with two attached hydrogens (primary N) is 1. The highest BCUT2D eigenvalue weighted by Crippen LogP contribution is 2.29. The molecular weight excluding hydrogens is 450 g/mol. The molecule has 3 fully saturated rings. The number of quaternary nitrogens is 1. The number of hydrogen-bond acceptors (Lipinski definition) is 4. The third-order valence-electron chi connectivity index (χ3n) is 8.38. The number of H-pyrrole nitrogens is 1. The number of piperidine rings is 2. The van der Waals surface area contributed by atoms with Crippen molar-refractivity contribution in [2.24, 2.45) is 5.73 Å². The summed E-state index contributed by atoms with van der Waals surface area (Å²) in [6, 6.07) is 5.35. The van der Waals surface area contributed by atoms with Gasteiger partial charge in [0.15, 0.2) is 10.3 Å². The molecule has 34 heavy (non-hydrogen) atoms. The monoisotopic (exact) mass is 484 g/mol. The van der Waals surface area contributed by atoms with E-state index in [1.165, 1.54) is 11.3 Å². The summed E-state index contributed by atoms with van der Waals surface area (Å²) < 4.78 is 2.13. The zero-order valence-corrected chi connectivity index (χ0v) is 20.4. The van der Waals surface area contributed by atoms with E-state index in [-0.39, 0.29) is 23.4 Å². The zero-order valence-electron chi connectivity index (χ0n) is 19.6. The van der Waals surface area contributed by atoms with Crippen molar-refractivity contribution in [2.45, 2.75) is 69.4 Å². The Morgan fingerprint density at radius 3 is 2.38 bits per heavy atom. The van der Waals surface area contributed by atoms with E-state index in [4.69, 9.17) is 18.0 Å². The Kier molecular flexibility index (Phi) is 6.33. The maximum atomic E-state index is 13.3. The van der Waals surface area contributed by atoms with Crippen molar-refractivity contribution >= 4 is 34.9 Å². The molecule has 2 amide bonds. The van der Waals surface area contributed by atoms with Crippen molar-refractivity contribution in [3.63, 3.8) is 0 Å². The van der Waals surface area contributed by atoms with Crippen LogP contribution in [0.4, 0.5) is 0 Å². The van der Waals surface area contributed by atoms with Gasteiger partial charge >= 0.3 is 0 Å². The summed E-state index contributed by atoms with van der Waals surface area (Å²) in [6.45, 7) is 2.95. The molecule has 0 radical (unpaired) electrons. The number of rotatable bonds is 4. The van der Waals surface area contributed by atoms with Gasteiger partial charge in [-0.05, 0) is 62.5 Å². The minimum Gasteiger partial charge on any atom is -0.364 e. The normalized spacial score (nSPS) is 21.7. The van der Waals surface area contributed by atoms with Gasteiger partial charge in [0, 0.05) is 37.5 Å². The first-order chi connectivity index (χ1) is 16.4. The summed E-state index contributed by atoms with van der Waals surface area (Å²) >= 11 is 5.52. The lowest BCUT2D eigenvalue weighted by Crippen LogP contribution is -3.22. The highest BCUT2D eigenvalue weighted by molar-refractivity contribution is 7.71. The van der Waals surface area contributed by atoms with Crippen molar-refractivity contribution in [1.29, 1.82) is 0 Å². The molecular formula is C25H34N5O3S+. The Morgan fingerprint density at radius 1 is 1.06 bits per heavy atom. The molecule has 1 aromatic heterocycles. The number of aromatic nitrogens is 2. The lowest BCUT2D eigenvalue weighted by molar-refractivity contribution is -0.948. The van der Waals surface area contributed by atoms with Gasteiger partial charge in [0.25, 0.3) is 17.4 Å². The quantitative estimate of drug-likeness (QED) is 0.575. The molecule has 2 aliphatic heterocycles. The van der Waals surface area contributed by atoms with Crippen LogP contribution >= 0.6 is 12.2 Å². The van der Waals surface area contributed by atoms with Crippen molar-refractivity contribution in [3.8, 4) is 0 Å². The van der Waals surface area contributed by atoms with Gasteiger partial charge < -0.3 is 20.5 Å². The zero-order chi connectivity index (χ0) is 23.9. The summed E-state index contributed by atoms with van der Waals surface area (Å²) in [5, 5.41) is 0.553. The molecule has 1 saturated carbocycles. The van der Waals surface area contributed by atoms with Gasteiger partial charge in [-0.3, -0.25) is 19.0 Å². The number of amides is 2. The van der Waals surface area contributed by atoms with Gasteiger partial charge in [-0.15, -0.1) is 0 Å². The molecule has 0 atom stereocenters. The second-order valence-corrected chi connectivity index (χ2v) is 10.6. The summed E-state index contributed by atoms with van der Waals surface area (Å²) in [6.07, 6.45) is 8.80. The number of primary amides is 1. The van der Waals surface area contributed by atoms with Crippen LogP contribution in [0.5, 0.6) is 0 Å². The summed E-state index contributed by atoms with van der Waals surface area (Å²) in [7, 11) is 0. The van der Waals surface area contributed by atoms with Crippen LogP contribution in [0.3, 0.4) is 0 Å². The van der Waals surface area contributed by atoms with Gasteiger partial charge in [0.05, 0.1) is 24.0 Å². The van der Waals surface area contributed by atoms with E-state index < -0.39 is 5.54 Å². The van der Waals surface area contributed by atoms with E-state index >= 15 is 0 Å². The number of fused-ring (bicyclic) bond motifs is 1. The van der Waals surface area contributed by atoms with Gasteiger partial charge in [-0.1, -0.05) is 12.8 Å². The minimum absolute atomic E-state index is 0.0848. The van der Waals surface area contributed by atoms with Crippen LogP contribution in [0.25, 0.3) is 10.9 Å². The Hall–Kier alpha value is -2.52. The second kappa shape index (κ2) is 9.26. The molecule has 8 nitrogen and oxygen atoms in total. The first-order valence-corrected chi connectivity index (χ1v) is 13.0. The van der Waals surface area contributed by atoms with Crippen LogP contribution in [-0.2, 0) is 4.79 Å². The Balaban J connectivity index is 1.36. The smallest absolute Gasteiger partial charge is 0.278 e. The lowest BCUT2D eigenvalue weighted by Gasteiger charge is -2.45. The summed E-state index contributed by atoms with van der Waals surface area (Å²) in [5.74, 6) is -0.332.